The van der Waals surface area contributed by atoms with Gasteiger partial charge in [0.1, 0.15) is 0 Å². The fraction of sp³-hybridized carbons (Fsp3) is 0. The van der Waals surface area contributed by atoms with E-state index >= 15 is 0 Å². The van der Waals surface area contributed by atoms with E-state index in [2.05, 4.69) is 0 Å². The van der Waals surface area contributed by atoms with Gasteiger partial charge in [0.2, 0.25) is 0 Å². The van der Waals surface area contributed by atoms with Crippen LogP contribution in [0.5, 0.6) is 0 Å². The third-order valence-electron chi connectivity index (χ3n) is 0. The van der Waals surface area contributed by atoms with Crippen molar-refractivity contribution in [2.24, 2.45) is 0 Å². The van der Waals surface area contributed by atoms with Crippen molar-refractivity contribution in [2.45, 2.75) is 0 Å². The Morgan fingerprint density at radius 2 is 0.750 bits per heavy atom. The normalized spacial score (nSPS) is 10.9. The van der Waals surface area contributed by atoms with Crippen LogP contribution in [0.4, 0.5) is 0 Å². The van der Waals surface area contributed by atoms with Crippen molar-refractivity contribution >= 4 is 20.8 Å². The van der Waals surface area contributed by atoms with Crippen molar-refractivity contribution in [1.82, 2.24) is 0 Å². The van der Waals surface area contributed by atoms with Gasteiger partial charge in [-0.3, -0.25) is 16.8 Å². The summed E-state index contributed by atoms with van der Waals surface area (Å²) in [5.41, 5.74) is 0. The zero-order valence-corrected chi connectivity index (χ0v) is 13.5. The molecule has 16 heteroatoms. The second kappa shape index (κ2) is 10.3. The molecule has 12 nitrogen and oxygen atoms in total. The van der Waals surface area contributed by atoms with Crippen LogP contribution in [0.25, 0.3) is 0 Å². The molecule has 0 aliphatic heterocycles. The summed E-state index contributed by atoms with van der Waals surface area (Å²) in [5.74, 6) is 0. The molecule has 96 valence electrons. The molecule has 0 bridgehead atoms. The van der Waals surface area contributed by atoms with E-state index < -0.39 is 37.5 Å². The van der Waals surface area contributed by atoms with Crippen LogP contribution < -0.4 is 0 Å². The fourth-order valence-electron chi connectivity index (χ4n) is 0. The van der Waals surface area contributed by atoms with Gasteiger partial charge in [0.15, 0.2) is 0 Å². The summed E-state index contributed by atoms with van der Waals surface area (Å²) in [6, 6.07) is 0. The van der Waals surface area contributed by atoms with Crippen LogP contribution in [0.1, 0.15) is 0 Å². The van der Waals surface area contributed by atoms with Crippen molar-refractivity contribution in [3.8, 4) is 0 Å². The van der Waals surface area contributed by atoms with Crippen LogP contribution >= 0.6 is 0 Å². The zero-order chi connectivity index (χ0) is 13.5. The van der Waals surface area contributed by atoms with Crippen LogP contribution in [-0.2, 0) is 44.3 Å². The molecular weight excluding hydrogens is 492 g/mol. The summed E-state index contributed by atoms with van der Waals surface area (Å²) in [6.07, 6.45) is 0. The average Bonchev–Trinajstić information content (AvgIpc) is 1.41. The monoisotopic (exact) mass is 496 g/mol. The Labute approximate surface area is 127 Å². The molecule has 0 aliphatic carbocycles. The SMILES string of the molecule is O=S(=O)([O-])[O-].O=S(=O)([O-])[O-].[Ce+4].[O]=[Mo](=[O])([OH])[OH]. The van der Waals surface area contributed by atoms with E-state index in [0.29, 0.717) is 0 Å². The van der Waals surface area contributed by atoms with E-state index in [1.165, 1.54) is 0 Å². The molecule has 0 rings (SSSR count). The first kappa shape index (κ1) is 26.0. The average molecular weight is 494 g/mol. The van der Waals surface area contributed by atoms with Crippen molar-refractivity contribution in [3.63, 3.8) is 0 Å². The van der Waals surface area contributed by atoms with Gasteiger partial charge in [0, 0.05) is 20.8 Å². The van der Waals surface area contributed by atoms with Crippen LogP contribution in [0, 0.1) is 41.7 Å². The molecule has 0 aromatic rings. The van der Waals surface area contributed by atoms with Crippen molar-refractivity contribution in [3.05, 3.63) is 0 Å². The van der Waals surface area contributed by atoms with Gasteiger partial charge in [-0.05, 0) is 0 Å². The van der Waals surface area contributed by atoms with Crippen LogP contribution in [0.15, 0.2) is 0 Å². The number of hydrogen-bond acceptors (Lipinski definition) is 10. The van der Waals surface area contributed by atoms with Gasteiger partial charge in [-0.25, -0.2) is 0 Å². The molecule has 0 spiro atoms. The van der Waals surface area contributed by atoms with Crippen LogP contribution in [0.2, 0.25) is 0 Å². The molecule has 0 aliphatic rings. The van der Waals surface area contributed by atoms with E-state index in [-0.39, 0.29) is 41.7 Å². The summed E-state index contributed by atoms with van der Waals surface area (Å²) in [7, 11) is -10.3. The van der Waals surface area contributed by atoms with Gasteiger partial charge in [0.25, 0.3) is 0 Å². The van der Waals surface area contributed by atoms with E-state index in [0.717, 1.165) is 0 Å². The summed E-state index contributed by atoms with van der Waals surface area (Å²) in [4.78, 5) is 0. The van der Waals surface area contributed by atoms with Crippen molar-refractivity contribution < 1.29 is 108 Å². The van der Waals surface area contributed by atoms with E-state index in [1.54, 1.807) is 0 Å². The van der Waals surface area contributed by atoms with E-state index in [4.69, 9.17) is 49.4 Å². The standard InChI is InChI=1S/Ce.Mo.2H2O4S.2H2O.2O/c;;2*1-5(2,3)4;;;;/h;;2*(H2,1,2,3,4);2*1H2;;/q+4;+2;;;;;;/p-6. The Kier molecular flexibility index (Phi) is 16.7. The fourth-order valence-corrected chi connectivity index (χ4v) is 0. The predicted octanol–water partition coefficient (Wildman–Crippen LogP) is -4.03. The second-order valence-corrected chi connectivity index (χ2v) is 5.10. The molecule has 0 fully saturated rings. The first-order valence-corrected chi connectivity index (χ1v) is 8.13. The Morgan fingerprint density at radius 1 is 0.750 bits per heavy atom. The topological polar surface area (TPSA) is 235 Å². The number of rotatable bonds is 0. The first-order chi connectivity index (χ1) is 6.00. The molecule has 16 heavy (non-hydrogen) atoms. The molecule has 0 aromatic carbocycles. The summed E-state index contributed by atoms with van der Waals surface area (Å²) in [6.45, 7) is 0. The molecule has 2 N–H and O–H groups in total. The minimum atomic E-state index is -5.52. The molecule has 0 saturated carbocycles. The molecular formula is H2CeMoO12S2. The first-order valence-electron chi connectivity index (χ1n) is 2.03. The van der Waals surface area contributed by atoms with Crippen LogP contribution in [-0.4, -0.2) is 42.6 Å². The van der Waals surface area contributed by atoms with Crippen LogP contribution in [0.3, 0.4) is 0 Å². The van der Waals surface area contributed by atoms with Gasteiger partial charge < -0.3 is 18.2 Å². The summed E-state index contributed by atoms with van der Waals surface area (Å²) < 4.78 is 100. The minimum absolute atomic E-state index is 0. The Balaban J connectivity index is -0.0000000655. The maximum absolute atomic E-state index is 8.85. The van der Waals surface area contributed by atoms with E-state index in [1.807, 2.05) is 0 Å². The van der Waals surface area contributed by atoms with Crippen molar-refractivity contribution in [2.75, 3.05) is 0 Å². The number of hydrogen-bond donors (Lipinski definition) is 2. The van der Waals surface area contributed by atoms with Gasteiger partial charge in [-0.1, -0.05) is 0 Å². The Bertz CT molecular complexity index is 340. The zero-order valence-electron chi connectivity index (χ0n) is 6.70. The van der Waals surface area contributed by atoms with Gasteiger partial charge in [-0.15, -0.1) is 0 Å². The third-order valence-corrected chi connectivity index (χ3v) is 0. The summed E-state index contributed by atoms with van der Waals surface area (Å²) in [5, 5.41) is 0. The molecule has 0 saturated heterocycles. The summed E-state index contributed by atoms with van der Waals surface area (Å²) >= 11 is -5.52. The Hall–Kier alpha value is 1.32. The Morgan fingerprint density at radius 3 is 0.750 bits per heavy atom. The molecule has 0 heterocycles. The quantitative estimate of drug-likeness (QED) is 0.186. The maximum atomic E-state index is 8.85. The predicted molar refractivity (Wildman–Crippen MR) is 26.8 cm³/mol. The molecule has 0 atom stereocenters. The molecule has 0 unspecified atom stereocenters. The van der Waals surface area contributed by atoms with Gasteiger partial charge in [0.05, 0.1) is 0 Å². The third kappa shape index (κ3) is 1790. The molecule has 0 aromatic heterocycles. The second-order valence-electron chi connectivity index (χ2n) is 1.26. The van der Waals surface area contributed by atoms with Gasteiger partial charge in [-0.2, -0.15) is 0 Å². The van der Waals surface area contributed by atoms with Crippen molar-refractivity contribution in [1.29, 1.82) is 0 Å². The van der Waals surface area contributed by atoms with E-state index in [9.17, 15) is 0 Å². The molecule has 0 radical (unpaired) electrons. The van der Waals surface area contributed by atoms with Gasteiger partial charge >= 0.3 is 72.8 Å². The molecule has 0 amide bonds.